The molecule has 36 heavy (non-hydrogen) atoms. The highest BCUT2D eigenvalue weighted by Gasteiger charge is 2.24. The molecule has 1 aliphatic rings. The SMILES string of the molecule is C=N/N=C(\OCc1cccs1)Sc1nc(C(=O)Nc2ccccc2N2CCC(N[S+](C)[O-])CC2)cs1. The average molecular weight is 563 g/mol. The summed E-state index contributed by atoms with van der Waals surface area (Å²) in [7, 11) is 0. The normalized spacial score (nSPS) is 15.5. The molecule has 1 amide bonds. The molecule has 3 heterocycles. The van der Waals surface area contributed by atoms with E-state index in [-0.39, 0.29) is 11.9 Å². The second kappa shape index (κ2) is 13.2. The average Bonchev–Trinajstić information content (AvgIpc) is 3.56. The topological polar surface area (TPSA) is 114 Å². The zero-order chi connectivity index (χ0) is 25.3. The number of para-hydroxylation sites is 2. The number of carbonyl (C=O) groups excluding carboxylic acids is 1. The van der Waals surface area contributed by atoms with E-state index in [0.29, 0.717) is 21.9 Å². The minimum Gasteiger partial charge on any atom is -0.598 e. The van der Waals surface area contributed by atoms with Gasteiger partial charge in [0.25, 0.3) is 11.1 Å². The smallest absolute Gasteiger partial charge is 0.277 e. The van der Waals surface area contributed by atoms with Crippen molar-refractivity contribution in [1.82, 2.24) is 9.71 Å². The number of thiazole rings is 1. The Morgan fingerprint density at radius 2 is 2.11 bits per heavy atom. The van der Waals surface area contributed by atoms with Gasteiger partial charge in [-0.2, -0.15) is 5.10 Å². The Labute approximate surface area is 225 Å². The Bertz CT molecular complexity index is 1180. The van der Waals surface area contributed by atoms with Crippen molar-refractivity contribution in [2.24, 2.45) is 10.2 Å². The highest BCUT2D eigenvalue weighted by molar-refractivity contribution is 8.14. The number of benzene rings is 1. The van der Waals surface area contributed by atoms with Gasteiger partial charge in [-0.25, -0.2) is 4.98 Å². The lowest BCUT2D eigenvalue weighted by molar-refractivity contribution is 0.102. The Balaban J connectivity index is 1.37. The number of hydrogen-bond acceptors (Lipinski definition) is 11. The number of anilines is 2. The van der Waals surface area contributed by atoms with Crippen LogP contribution in [-0.4, -0.2) is 52.8 Å². The third-order valence-corrected chi connectivity index (χ3v) is 8.61. The van der Waals surface area contributed by atoms with Crippen LogP contribution in [0.4, 0.5) is 11.4 Å². The monoisotopic (exact) mass is 562 g/mol. The van der Waals surface area contributed by atoms with Gasteiger partial charge in [0.1, 0.15) is 18.6 Å². The molecule has 190 valence electrons. The van der Waals surface area contributed by atoms with E-state index in [2.05, 4.69) is 36.8 Å². The van der Waals surface area contributed by atoms with Crippen molar-refractivity contribution in [3.8, 4) is 0 Å². The summed E-state index contributed by atoms with van der Waals surface area (Å²) in [5.41, 5.74) is 2.00. The molecular formula is C23H26N6O3S4. The van der Waals surface area contributed by atoms with Crippen LogP contribution in [0.3, 0.4) is 0 Å². The Kier molecular flexibility index (Phi) is 9.78. The molecule has 2 aromatic heterocycles. The van der Waals surface area contributed by atoms with Crippen LogP contribution in [0.1, 0.15) is 28.2 Å². The molecule has 0 aliphatic carbocycles. The van der Waals surface area contributed by atoms with Gasteiger partial charge in [-0.3, -0.25) is 4.79 Å². The summed E-state index contributed by atoms with van der Waals surface area (Å²) in [5.74, 6) is -0.289. The summed E-state index contributed by atoms with van der Waals surface area (Å²) >= 11 is 3.10. The fraction of sp³-hybridized carbons (Fsp3) is 0.304. The van der Waals surface area contributed by atoms with Gasteiger partial charge >= 0.3 is 0 Å². The molecule has 1 fully saturated rings. The number of hydrogen-bond donors (Lipinski definition) is 2. The lowest BCUT2D eigenvalue weighted by Crippen LogP contribution is -2.44. The van der Waals surface area contributed by atoms with Crippen molar-refractivity contribution in [2.45, 2.75) is 29.8 Å². The molecule has 1 atom stereocenters. The van der Waals surface area contributed by atoms with Crippen LogP contribution in [0.5, 0.6) is 0 Å². The largest absolute Gasteiger partial charge is 0.598 e. The van der Waals surface area contributed by atoms with Crippen molar-refractivity contribution in [1.29, 1.82) is 0 Å². The van der Waals surface area contributed by atoms with Crippen LogP contribution >= 0.6 is 34.4 Å². The highest BCUT2D eigenvalue weighted by atomic mass is 32.2. The number of nitrogens with one attached hydrogen (secondary N) is 2. The molecule has 0 bridgehead atoms. The summed E-state index contributed by atoms with van der Waals surface area (Å²) in [5, 5.41) is 14.5. The molecule has 3 aromatic rings. The van der Waals surface area contributed by atoms with E-state index in [1.807, 2.05) is 41.8 Å². The molecular weight excluding hydrogens is 537 g/mol. The minimum absolute atomic E-state index is 0.235. The van der Waals surface area contributed by atoms with Gasteiger partial charge in [0.2, 0.25) is 0 Å². The molecule has 4 rings (SSSR count). The molecule has 0 spiro atoms. The van der Waals surface area contributed by atoms with Gasteiger partial charge < -0.3 is 19.5 Å². The van der Waals surface area contributed by atoms with Crippen molar-refractivity contribution in [3.63, 3.8) is 0 Å². The predicted molar refractivity (Wildman–Crippen MR) is 151 cm³/mol. The van der Waals surface area contributed by atoms with Crippen molar-refractivity contribution in [3.05, 3.63) is 57.7 Å². The van der Waals surface area contributed by atoms with E-state index >= 15 is 0 Å². The molecule has 1 unspecified atom stereocenters. The second-order valence-electron chi connectivity index (χ2n) is 7.78. The number of carbonyl (C=O) groups is 1. The maximum absolute atomic E-state index is 13.0. The summed E-state index contributed by atoms with van der Waals surface area (Å²) in [6.07, 6.45) is 3.42. The standard InChI is InChI=1S/C23H26N6O3S4/c1-24-27-22(32-14-17-6-5-13-33-17)35-23-26-19(15-34-23)21(30)25-18-7-3-4-8-20(18)29-11-9-16(10-12-29)28-36(2)31/h3-8,13,15-16,28H,1,9-12,14H2,2H3,(H,25,30)/b27-22+. The molecule has 13 heteroatoms. The van der Waals surface area contributed by atoms with Gasteiger partial charge in [0.05, 0.1) is 17.4 Å². The third kappa shape index (κ3) is 7.54. The van der Waals surface area contributed by atoms with Crippen molar-refractivity contribution < 1.29 is 14.1 Å². The first-order chi connectivity index (χ1) is 17.5. The molecule has 2 N–H and O–H groups in total. The Hall–Kier alpha value is -2.42. The van der Waals surface area contributed by atoms with E-state index < -0.39 is 11.4 Å². The number of piperidine rings is 1. The zero-order valence-corrected chi connectivity index (χ0v) is 22.9. The van der Waals surface area contributed by atoms with Gasteiger partial charge in [0, 0.05) is 53.2 Å². The van der Waals surface area contributed by atoms with E-state index in [0.717, 1.165) is 42.2 Å². The van der Waals surface area contributed by atoms with Crippen LogP contribution in [0, 0.1) is 0 Å². The van der Waals surface area contributed by atoms with E-state index in [4.69, 9.17) is 4.74 Å². The summed E-state index contributed by atoms with van der Waals surface area (Å²) < 4.78 is 20.9. The van der Waals surface area contributed by atoms with E-state index in [1.54, 1.807) is 23.0 Å². The number of nitrogens with zero attached hydrogens (tertiary/aromatic N) is 4. The summed E-state index contributed by atoms with van der Waals surface area (Å²) in [4.78, 5) is 20.8. The molecule has 1 saturated heterocycles. The second-order valence-corrected chi connectivity index (χ2v) is 12.0. The van der Waals surface area contributed by atoms with Crippen molar-refractivity contribution in [2.75, 3.05) is 29.6 Å². The van der Waals surface area contributed by atoms with Gasteiger partial charge in [-0.15, -0.1) is 32.5 Å². The van der Waals surface area contributed by atoms with Crippen LogP contribution in [0.2, 0.25) is 0 Å². The maximum atomic E-state index is 13.0. The third-order valence-electron chi connectivity index (χ3n) is 5.28. The summed E-state index contributed by atoms with van der Waals surface area (Å²) in [6, 6.07) is 11.9. The zero-order valence-electron chi connectivity index (χ0n) is 19.6. The fourth-order valence-corrected chi connectivity index (χ4v) is 6.57. The van der Waals surface area contributed by atoms with Crippen molar-refractivity contribution >= 4 is 75.0 Å². The van der Waals surface area contributed by atoms with E-state index in [1.165, 1.54) is 23.1 Å². The number of ether oxygens (including phenoxy) is 1. The van der Waals surface area contributed by atoms with Crippen LogP contribution < -0.4 is 14.9 Å². The first-order valence-corrected chi connectivity index (χ1v) is 15.2. The van der Waals surface area contributed by atoms with E-state index in [9.17, 15) is 9.35 Å². The molecule has 9 nitrogen and oxygen atoms in total. The molecule has 1 aliphatic heterocycles. The molecule has 0 saturated carbocycles. The first kappa shape index (κ1) is 26.6. The molecule has 0 radical (unpaired) electrons. The number of thiophene rings is 1. The van der Waals surface area contributed by atoms with Crippen LogP contribution in [0.15, 0.2) is 61.7 Å². The highest BCUT2D eigenvalue weighted by Crippen LogP contribution is 2.30. The summed E-state index contributed by atoms with van der Waals surface area (Å²) in [6.45, 7) is 5.39. The lowest BCUT2D eigenvalue weighted by atomic mass is 10.0. The maximum Gasteiger partial charge on any atom is 0.277 e. The Morgan fingerprint density at radius 3 is 2.83 bits per heavy atom. The van der Waals surface area contributed by atoms with Gasteiger partial charge in [0.15, 0.2) is 4.34 Å². The fourth-order valence-electron chi connectivity index (χ4n) is 3.66. The Morgan fingerprint density at radius 1 is 1.31 bits per heavy atom. The number of amides is 1. The number of aromatic nitrogens is 1. The van der Waals surface area contributed by atoms with Crippen LogP contribution in [-0.2, 0) is 22.7 Å². The van der Waals surface area contributed by atoms with Crippen LogP contribution in [0.25, 0.3) is 0 Å². The minimum atomic E-state index is -1.02. The van der Waals surface area contributed by atoms with Gasteiger partial charge in [-0.1, -0.05) is 18.2 Å². The predicted octanol–water partition coefficient (Wildman–Crippen LogP) is 4.59. The number of rotatable bonds is 9. The number of thioether (sulfide) groups is 1. The lowest BCUT2D eigenvalue weighted by Gasteiger charge is -2.34. The first-order valence-electron chi connectivity index (χ1n) is 11.1. The molecule has 1 aromatic carbocycles. The van der Waals surface area contributed by atoms with Gasteiger partial charge in [-0.05, 0) is 36.4 Å². The quantitative estimate of drug-likeness (QED) is 0.129.